The molecule has 1 saturated heterocycles. The van der Waals surface area contributed by atoms with Crippen molar-refractivity contribution in [1.29, 1.82) is 0 Å². The lowest BCUT2D eigenvalue weighted by Gasteiger charge is -2.51. The molecule has 3 heteroatoms. The van der Waals surface area contributed by atoms with Crippen LogP contribution in [0.4, 0.5) is 0 Å². The van der Waals surface area contributed by atoms with Gasteiger partial charge in [-0.25, -0.2) is 0 Å². The van der Waals surface area contributed by atoms with Gasteiger partial charge in [-0.05, 0) is 18.9 Å². The second-order valence-corrected chi connectivity index (χ2v) is 5.70. The minimum absolute atomic E-state index is 0.275. The van der Waals surface area contributed by atoms with Crippen molar-refractivity contribution in [3.05, 3.63) is 11.1 Å². The molecule has 3 nitrogen and oxygen atoms in total. The van der Waals surface area contributed by atoms with Gasteiger partial charge in [0.15, 0.2) is 0 Å². The molecule has 2 fully saturated rings. The van der Waals surface area contributed by atoms with Gasteiger partial charge in [0, 0.05) is 38.2 Å². The quantitative estimate of drug-likeness (QED) is 0.706. The molecule has 2 unspecified atom stereocenters. The number of nitrogens with one attached hydrogen (secondary N) is 2. The molecule has 0 aromatic heterocycles. The molecule has 2 rings (SSSR count). The standard InChI is InChI=1S/C13H24N2O/c1-9(10-7-14-8-10)6-15-11-5-12(16-4)13(11,2)3/h11-12,14-15H,5-8H2,1-4H3. The molecular weight excluding hydrogens is 200 g/mol. The van der Waals surface area contributed by atoms with Crippen LogP contribution < -0.4 is 10.6 Å². The lowest BCUT2D eigenvalue weighted by Crippen LogP contribution is -2.60. The maximum Gasteiger partial charge on any atom is 0.0652 e. The molecule has 1 aliphatic heterocycles. The minimum atomic E-state index is 0.275. The molecule has 92 valence electrons. The van der Waals surface area contributed by atoms with E-state index in [1.807, 2.05) is 7.11 Å². The lowest BCUT2D eigenvalue weighted by molar-refractivity contribution is -0.0966. The monoisotopic (exact) mass is 224 g/mol. The molecule has 0 spiro atoms. The normalized spacial score (nSPS) is 31.9. The third kappa shape index (κ3) is 2.04. The van der Waals surface area contributed by atoms with Gasteiger partial charge < -0.3 is 15.4 Å². The molecule has 1 aliphatic carbocycles. The lowest BCUT2D eigenvalue weighted by atomic mass is 9.64. The first-order valence-corrected chi connectivity index (χ1v) is 6.20. The molecule has 2 atom stereocenters. The van der Waals surface area contributed by atoms with E-state index < -0.39 is 0 Å². The highest BCUT2D eigenvalue weighted by Crippen LogP contribution is 2.42. The summed E-state index contributed by atoms with van der Waals surface area (Å²) in [5.74, 6) is 0. The van der Waals surface area contributed by atoms with E-state index in [1.54, 1.807) is 5.57 Å². The van der Waals surface area contributed by atoms with Crippen LogP contribution in [-0.2, 0) is 4.74 Å². The summed E-state index contributed by atoms with van der Waals surface area (Å²) in [7, 11) is 1.82. The van der Waals surface area contributed by atoms with E-state index in [2.05, 4.69) is 31.4 Å². The first kappa shape index (κ1) is 12.1. The molecule has 0 aromatic rings. The summed E-state index contributed by atoms with van der Waals surface area (Å²) >= 11 is 0. The van der Waals surface area contributed by atoms with E-state index in [1.165, 1.54) is 5.57 Å². The molecule has 16 heavy (non-hydrogen) atoms. The largest absolute Gasteiger partial charge is 0.381 e. The third-order valence-electron chi connectivity index (χ3n) is 4.36. The Bertz CT molecular complexity index is 290. The Kier molecular flexibility index (Phi) is 3.38. The molecule has 0 radical (unpaired) electrons. The molecule has 2 aliphatic rings. The van der Waals surface area contributed by atoms with Crippen molar-refractivity contribution in [2.24, 2.45) is 5.41 Å². The van der Waals surface area contributed by atoms with Crippen LogP contribution in [0, 0.1) is 5.41 Å². The van der Waals surface area contributed by atoms with Gasteiger partial charge in [0.25, 0.3) is 0 Å². The zero-order valence-electron chi connectivity index (χ0n) is 10.9. The zero-order valence-corrected chi connectivity index (χ0v) is 10.9. The summed E-state index contributed by atoms with van der Waals surface area (Å²) in [4.78, 5) is 0. The summed E-state index contributed by atoms with van der Waals surface area (Å²) in [5, 5.41) is 6.94. The van der Waals surface area contributed by atoms with Gasteiger partial charge in [0.2, 0.25) is 0 Å². The SMILES string of the molecule is COC1CC(NCC(C)=C2CNC2)C1(C)C. The zero-order chi connectivity index (χ0) is 11.8. The maximum atomic E-state index is 5.46. The van der Waals surface area contributed by atoms with Gasteiger partial charge >= 0.3 is 0 Å². The van der Waals surface area contributed by atoms with Crippen molar-refractivity contribution in [2.75, 3.05) is 26.7 Å². The second-order valence-electron chi connectivity index (χ2n) is 5.70. The number of rotatable bonds is 4. The molecule has 2 N–H and O–H groups in total. The fourth-order valence-corrected chi connectivity index (χ4v) is 2.58. The Morgan fingerprint density at radius 2 is 2.19 bits per heavy atom. The predicted molar refractivity (Wildman–Crippen MR) is 66.6 cm³/mol. The first-order chi connectivity index (χ1) is 7.55. The summed E-state index contributed by atoms with van der Waals surface area (Å²) in [5.41, 5.74) is 3.36. The van der Waals surface area contributed by atoms with Crippen LogP contribution in [0.5, 0.6) is 0 Å². The molecule has 0 aromatic carbocycles. The number of methoxy groups -OCH3 is 1. The summed E-state index contributed by atoms with van der Waals surface area (Å²) < 4.78 is 5.46. The van der Waals surface area contributed by atoms with Gasteiger partial charge in [-0.1, -0.05) is 19.4 Å². The van der Waals surface area contributed by atoms with Crippen molar-refractivity contribution in [2.45, 2.75) is 39.3 Å². The van der Waals surface area contributed by atoms with Crippen molar-refractivity contribution in [3.8, 4) is 0 Å². The molecule has 0 bridgehead atoms. The number of hydrogen-bond donors (Lipinski definition) is 2. The van der Waals surface area contributed by atoms with E-state index in [0.717, 1.165) is 26.1 Å². The Balaban J connectivity index is 1.80. The predicted octanol–water partition coefficient (Wildman–Crippen LogP) is 1.31. The second kappa shape index (κ2) is 4.47. The maximum absolute atomic E-state index is 5.46. The average molecular weight is 224 g/mol. The number of hydrogen-bond acceptors (Lipinski definition) is 3. The van der Waals surface area contributed by atoms with Crippen molar-refractivity contribution in [1.82, 2.24) is 10.6 Å². The van der Waals surface area contributed by atoms with Crippen LogP contribution in [0.15, 0.2) is 11.1 Å². The van der Waals surface area contributed by atoms with Crippen molar-refractivity contribution < 1.29 is 4.74 Å². The highest BCUT2D eigenvalue weighted by Gasteiger charge is 2.48. The van der Waals surface area contributed by atoms with Gasteiger partial charge in [0.05, 0.1) is 6.10 Å². The van der Waals surface area contributed by atoms with Crippen molar-refractivity contribution in [3.63, 3.8) is 0 Å². The minimum Gasteiger partial charge on any atom is -0.381 e. The fourth-order valence-electron chi connectivity index (χ4n) is 2.58. The Hall–Kier alpha value is -0.380. The van der Waals surface area contributed by atoms with E-state index in [9.17, 15) is 0 Å². The van der Waals surface area contributed by atoms with Crippen molar-refractivity contribution >= 4 is 0 Å². The molecule has 1 saturated carbocycles. The Labute approximate surface area is 98.6 Å². The summed E-state index contributed by atoms with van der Waals surface area (Å²) in [6.07, 6.45) is 1.56. The smallest absolute Gasteiger partial charge is 0.0652 e. The molecular formula is C13H24N2O. The Morgan fingerprint density at radius 1 is 1.50 bits per heavy atom. The fraction of sp³-hybridized carbons (Fsp3) is 0.846. The van der Waals surface area contributed by atoms with E-state index in [0.29, 0.717) is 12.1 Å². The summed E-state index contributed by atoms with van der Waals surface area (Å²) in [6, 6.07) is 0.598. The van der Waals surface area contributed by atoms with E-state index >= 15 is 0 Å². The van der Waals surface area contributed by atoms with Crippen LogP contribution in [0.3, 0.4) is 0 Å². The van der Waals surface area contributed by atoms with Crippen LogP contribution >= 0.6 is 0 Å². The third-order valence-corrected chi connectivity index (χ3v) is 4.36. The van der Waals surface area contributed by atoms with E-state index in [4.69, 9.17) is 4.74 Å². The van der Waals surface area contributed by atoms with E-state index in [-0.39, 0.29) is 5.41 Å². The van der Waals surface area contributed by atoms with Crippen LogP contribution in [0.25, 0.3) is 0 Å². The highest BCUT2D eigenvalue weighted by atomic mass is 16.5. The highest BCUT2D eigenvalue weighted by molar-refractivity contribution is 5.22. The van der Waals surface area contributed by atoms with Crippen LogP contribution in [0.1, 0.15) is 27.2 Å². The average Bonchev–Trinajstić information content (AvgIpc) is 2.13. The van der Waals surface area contributed by atoms with Gasteiger partial charge in [0.1, 0.15) is 0 Å². The Morgan fingerprint density at radius 3 is 2.62 bits per heavy atom. The van der Waals surface area contributed by atoms with Crippen LogP contribution in [0.2, 0.25) is 0 Å². The molecule has 1 heterocycles. The topological polar surface area (TPSA) is 33.3 Å². The molecule has 0 amide bonds. The van der Waals surface area contributed by atoms with Gasteiger partial charge in [-0.15, -0.1) is 0 Å². The first-order valence-electron chi connectivity index (χ1n) is 6.20. The summed E-state index contributed by atoms with van der Waals surface area (Å²) in [6.45, 7) is 10.0. The van der Waals surface area contributed by atoms with Gasteiger partial charge in [-0.2, -0.15) is 0 Å². The van der Waals surface area contributed by atoms with Crippen LogP contribution in [-0.4, -0.2) is 38.9 Å². The van der Waals surface area contributed by atoms with Gasteiger partial charge in [-0.3, -0.25) is 0 Å². The number of ether oxygens (including phenoxy) is 1.